The maximum atomic E-state index is 12.8. The number of carbonyl (C=O) groups excluding carboxylic acids is 2. The monoisotopic (exact) mass is 358 g/mol. The highest BCUT2D eigenvalue weighted by atomic mass is 79.9. The van der Waals surface area contributed by atoms with E-state index < -0.39 is 5.54 Å². The van der Waals surface area contributed by atoms with Gasteiger partial charge in [-0.05, 0) is 47.0 Å². The van der Waals surface area contributed by atoms with Crippen molar-refractivity contribution < 1.29 is 9.59 Å². The minimum Gasteiger partial charge on any atom is -0.340 e. The first-order valence-corrected chi connectivity index (χ1v) is 7.68. The van der Waals surface area contributed by atoms with E-state index in [1.807, 2.05) is 13.8 Å². The third-order valence-electron chi connectivity index (χ3n) is 3.74. The fourth-order valence-electron chi connectivity index (χ4n) is 2.46. The summed E-state index contributed by atoms with van der Waals surface area (Å²) in [5, 5.41) is 3.41. The van der Waals surface area contributed by atoms with Crippen molar-refractivity contribution in [3.8, 4) is 0 Å². The number of anilines is 1. The number of piperazine rings is 1. The van der Waals surface area contributed by atoms with E-state index in [1.165, 1.54) is 4.90 Å². The van der Waals surface area contributed by atoms with Crippen molar-refractivity contribution in [3.63, 3.8) is 0 Å². The number of rotatable bonds is 3. The predicted molar refractivity (Wildman–Crippen MR) is 83.0 cm³/mol. The van der Waals surface area contributed by atoms with Gasteiger partial charge < -0.3 is 5.32 Å². The Balaban J connectivity index is 2.45. The molecular formula is C14H16BrClN2O2. The van der Waals surface area contributed by atoms with Crippen LogP contribution in [0.5, 0.6) is 0 Å². The topological polar surface area (TPSA) is 49.4 Å². The zero-order valence-electron chi connectivity index (χ0n) is 11.4. The highest BCUT2D eigenvalue weighted by Crippen LogP contribution is 2.33. The van der Waals surface area contributed by atoms with Crippen LogP contribution in [0.25, 0.3) is 0 Å². The van der Waals surface area contributed by atoms with Gasteiger partial charge in [0.2, 0.25) is 5.91 Å². The van der Waals surface area contributed by atoms with E-state index in [-0.39, 0.29) is 18.4 Å². The summed E-state index contributed by atoms with van der Waals surface area (Å²) < 4.78 is 0.703. The normalized spacial score (nSPS) is 18.1. The zero-order valence-corrected chi connectivity index (χ0v) is 13.7. The summed E-state index contributed by atoms with van der Waals surface area (Å²) in [6.45, 7) is 3.84. The van der Waals surface area contributed by atoms with E-state index in [0.717, 1.165) is 0 Å². The predicted octanol–water partition coefficient (Wildman–Crippen LogP) is 3.12. The lowest BCUT2D eigenvalue weighted by Crippen LogP contribution is -2.66. The van der Waals surface area contributed by atoms with Gasteiger partial charge in [0, 0.05) is 9.50 Å². The fraction of sp³-hybridized carbons (Fsp3) is 0.429. The maximum Gasteiger partial charge on any atom is 0.253 e. The lowest BCUT2D eigenvalue weighted by molar-refractivity contribution is -0.136. The molecule has 1 fully saturated rings. The summed E-state index contributed by atoms with van der Waals surface area (Å²) in [4.78, 5) is 26.2. The number of nitrogens with one attached hydrogen (secondary N) is 1. The van der Waals surface area contributed by atoms with Crippen LogP contribution in [0.4, 0.5) is 5.69 Å². The van der Waals surface area contributed by atoms with Gasteiger partial charge in [0.15, 0.2) is 0 Å². The Morgan fingerprint density at radius 1 is 1.35 bits per heavy atom. The first kappa shape index (κ1) is 15.3. The Morgan fingerprint density at radius 2 is 2.00 bits per heavy atom. The van der Waals surface area contributed by atoms with Gasteiger partial charge in [0.1, 0.15) is 12.1 Å². The molecule has 6 heteroatoms. The second kappa shape index (κ2) is 5.74. The third kappa shape index (κ3) is 2.56. The van der Waals surface area contributed by atoms with E-state index in [0.29, 0.717) is 28.0 Å². The second-order valence-corrected chi connectivity index (χ2v) is 6.12. The molecule has 0 radical (unpaired) electrons. The van der Waals surface area contributed by atoms with Gasteiger partial charge in [-0.25, -0.2) is 0 Å². The van der Waals surface area contributed by atoms with Crippen molar-refractivity contribution in [1.82, 2.24) is 5.32 Å². The standard InChI is InChI=1S/C14H16BrClN2O2/c1-3-14(4-2)13(20)18(8-12(19)17-14)11-6-5-9(16)7-10(11)15/h5-7H,3-4,8H2,1-2H3,(H,17,19). The Hall–Kier alpha value is -1.07. The largest absolute Gasteiger partial charge is 0.340 e. The molecule has 0 aromatic heterocycles. The van der Waals surface area contributed by atoms with Gasteiger partial charge in [0.05, 0.1) is 5.69 Å². The summed E-state index contributed by atoms with van der Waals surface area (Å²) in [6, 6.07) is 5.18. The summed E-state index contributed by atoms with van der Waals surface area (Å²) in [7, 11) is 0. The zero-order chi connectivity index (χ0) is 14.9. The Kier molecular flexibility index (Phi) is 4.39. The quantitative estimate of drug-likeness (QED) is 0.901. The number of halogens is 2. The Morgan fingerprint density at radius 3 is 2.55 bits per heavy atom. The molecule has 0 atom stereocenters. The number of amides is 2. The van der Waals surface area contributed by atoms with Crippen LogP contribution < -0.4 is 10.2 Å². The molecule has 0 unspecified atom stereocenters. The molecule has 1 aromatic rings. The third-order valence-corrected chi connectivity index (χ3v) is 4.61. The molecule has 2 amide bonds. The van der Waals surface area contributed by atoms with Crippen LogP contribution >= 0.6 is 27.5 Å². The van der Waals surface area contributed by atoms with Gasteiger partial charge in [-0.15, -0.1) is 0 Å². The van der Waals surface area contributed by atoms with Gasteiger partial charge in [-0.1, -0.05) is 25.4 Å². The minimum absolute atomic E-state index is 0.0286. The molecule has 4 nitrogen and oxygen atoms in total. The van der Waals surface area contributed by atoms with Crippen LogP contribution in [0.2, 0.25) is 5.02 Å². The number of carbonyl (C=O) groups is 2. The molecule has 1 aliphatic rings. The molecule has 0 aliphatic carbocycles. The number of hydrogen-bond acceptors (Lipinski definition) is 2. The van der Waals surface area contributed by atoms with Crippen LogP contribution in [0.15, 0.2) is 22.7 Å². The first-order valence-electron chi connectivity index (χ1n) is 6.51. The van der Waals surface area contributed by atoms with Crippen molar-refractivity contribution in [3.05, 3.63) is 27.7 Å². The van der Waals surface area contributed by atoms with Crippen LogP contribution in [0, 0.1) is 0 Å². The van der Waals surface area contributed by atoms with Crippen molar-refractivity contribution in [2.75, 3.05) is 11.4 Å². The van der Waals surface area contributed by atoms with E-state index in [2.05, 4.69) is 21.2 Å². The van der Waals surface area contributed by atoms with Gasteiger partial charge in [0.25, 0.3) is 5.91 Å². The average Bonchev–Trinajstić information content (AvgIpc) is 2.41. The summed E-state index contributed by atoms with van der Waals surface area (Å²) in [5.74, 6) is -0.222. The molecule has 20 heavy (non-hydrogen) atoms. The molecule has 0 spiro atoms. The van der Waals surface area contributed by atoms with E-state index in [9.17, 15) is 9.59 Å². The maximum absolute atomic E-state index is 12.8. The molecule has 108 valence electrons. The summed E-state index contributed by atoms with van der Waals surface area (Å²) >= 11 is 9.32. The van der Waals surface area contributed by atoms with Crippen molar-refractivity contribution >= 4 is 45.0 Å². The van der Waals surface area contributed by atoms with Crippen molar-refractivity contribution in [2.45, 2.75) is 32.2 Å². The Labute approximate surface area is 131 Å². The molecule has 0 saturated carbocycles. The number of benzene rings is 1. The fourth-order valence-corrected chi connectivity index (χ4v) is 3.35. The molecule has 1 heterocycles. The molecule has 1 saturated heterocycles. The van der Waals surface area contributed by atoms with Crippen LogP contribution in [0.1, 0.15) is 26.7 Å². The SMILES string of the molecule is CCC1(CC)NC(=O)CN(c2ccc(Cl)cc2Br)C1=O. The highest BCUT2D eigenvalue weighted by molar-refractivity contribution is 9.10. The minimum atomic E-state index is -0.811. The average molecular weight is 360 g/mol. The molecule has 1 aliphatic heterocycles. The van der Waals surface area contributed by atoms with Crippen LogP contribution in [-0.4, -0.2) is 23.9 Å². The highest BCUT2D eigenvalue weighted by Gasteiger charge is 2.44. The van der Waals surface area contributed by atoms with Gasteiger partial charge in [-0.2, -0.15) is 0 Å². The van der Waals surface area contributed by atoms with Crippen LogP contribution in [0.3, 0.4) is 0 Å². The summed E-state index contributed by atoms with van der Waals surface area (Å²) in [6.07, 6.45) is 1.13. The molecule has 1 aromatic carbocycles. The lowest BCUT2D eigenvalue weighted by Gasteiger charge is -2.41. The van der Waals surface area contributed by atoms with Crippen molar-refractivity contribution in [1.29, 1.82) is 0 Å². The van der Waals surface area contributed by atoms with Gasteiger partial charge in [-0.3, -0.25) is 14.5 Å². The Bertz CT molecular complexity index is 558. The summed E-state index contributed by atoms with van der Waals surface area (Å²) in [5.41, 5.74) is -0.144. The van der Waals surface area contributed by atoms with E-state index in [4.69, 9.17) is 11.6 Å². The molecular weight excluding hydrogens is 344 g/mol. The van der Waals surface area contributed by atoms with Gasteiger partial charge >= 0.3 is 0 Å². The van der Waals surface area contributed by atoms with Crippen LogP contribution in [-0.2, 0) is 9.59 Å². The molecule has 1 N–H and O–H groups in total. The second-order valence-electron chi connectivity index (χ2n) is 4.82. The number of hydrogen-bond donors (Lipinski definition) is 1. The van der Waals surface area contributed by atoms with E-state index >= 15 is 0 Å². The molecule has 2 rings (SSSR count). The molecule has 0 bridgehead atoms. The van der Waals surface area contributed by atoms with E-state index in [1.54, 1.807) is 18.2 Å². The number of nitrogens with zero attached hydrogens (tertiary/aromatic N) is 1. The van der Waals surface area contributed by atoms with Crippen molar-refractivity contribution in [2.24, 2.45) is 0 Å². The first-order chi connectivity index (χ1) is 9.43. The lowest BCUT2D eigenvalue weighted by atomic mass is 9.88. The smallest absolute Gasteiger partial charge is 0.253 e.